The molecular weight excluding hydrogens is 527 g/mol. The number of hydrogen-bond donors (Lipinski definition) is 3. The Kier molecular flexibility index (Phi) is 9.18. The number of β-amino-alcohol motifs (C(OH)–C–C–N with tert-alkyl or cyclic N) is 1. The summed E-state index contributed by atoms with van der Waals surface area (Å²) in [6, 6.07) is 15.3. The first-order valence-corrected chi connectivity index (χ1v) is 13.1. The van der Waals surface area contributed by atoms with Gasteiger partial charge in [0.15, 0.2) is 6.29 Å². The number of carbonyl (C=O) groups excluding carboxylic acids is 1. The van der Waals surface area contributed by atoms with Crippen molar-refractivity contribution < 1.29 is 24.5 Å². The molecule has 7 nitrogen and oxygen atoms in total. The molecule has 2 saturated heterocycles. The van der Waals surface area contributed by atoms with Gasteiger partial charge in [0.25, 0.3) is 9.70 Å². The van der Waals surface area contributed by atoms with Crippen LogP contribution in [-0.4, -0.2) is 56.7 Å². The molecule has 36 heavy (non-hydrogen) atoms. The van der Waals surface area contributed by atoms with E-state index in [0.29, 0.717) is 13.1 Å². The summed E-state index contributed by atoms with van der Waals surface area (Å²) in [5.74, 6) is -0.621. The Bertz CT molecular complexity index is 1020. The van der Waals surface area contributed by atoms with Crippen LogP contribution >= 0.6 is 34.8 Å². The molecule has 2 fully saturated rings. The normalized spacial score (nSPS) is 27.2. The standard InChI is InChI=1S/C26H31Cl3N2O5/c1-16-22(14-31-11-10-21(33)13-31)35-24(36-23(16)19-6-4-18(15-32)5-7-19)20-8-2-17(3-9-20)12-30-25(34)26(27,28)29/h2-9,16,21-24,32-33H,10-15H2,1H3,(H,30,34). The number of likely N-dealkylation sites (tertiary alicyclic amines) is 1. The van der Waals surface area contributed by atoms with Crippen molar-refractivity contribution in [2.24, 2.45) is 5.92 Å². The number of carbonyl (C=O) groups is 1. The van der Waals surface area contributed by atoms with Crippen molar-refractivity contribution >= 4 is 40.7 Å². The molecule has 0 aliphatic carbocycles. The van der Waals surface area contributed by atoms with Crippen LogP contribution in [0.15, 0.2) is 48.5 Å². The molecular formula is C26H31Cl3N2O5. The van der Waals surface area contributed by atoms with Gasteiger partial charge in [-0.2, -0.15) is 0 Å². The average molecular weight is 558 g/mol. The van der Waals surface area contributed by atoms with E-state index >= 15 is 0 Å². The molecule has 2 aromatic rings. The quantitative estimate of drug-likeness (QED) is 0.446. The fraction of sp³-hybridized carbons (Fsp3) is 0.500. The van der Waals surface area contributed by atoms with Gasteiger partial charge in [-0.3, -0.25) is 9.69 Å². The van der Waals surface area contributed by atoms with Gasteiger partial charge in [0.1, 0.15) is 0 Å². The summed E-state index contributed by atoms with van der Waals surface area (Å²) in [7, 11) is 0. The minimum absolute atomic E-state index is 0.0124. The van der Waals surface area contributed by atoms with Gasteiger partial charge in [0.2, 0.25) is 0 Å². The zero-order chi connectivity index (χ0) is 25.9. The second-order valence-electron chi connectivity index (χ2n) is 9.45. The van der Waals surface area contributed by atoms with Crippen LogP contribution in [-0.2, 0) is 27.4 Å². The van der Waals surface area contributed by atoms with E-state index in [9.17, 15) is 15.0 Å². The smallest absolute Gasteiger partial charge is 0.272 e. The summed E-state index contributed by atoms with van der Waals surface area (Å²) in [4.78, 5) is 14.0. The zero-order valence-corrected chi connectivity index (χ0v) is 22.2. The highest BCUT2D eigenvalue weighted by atomic mass is 35.6. The lowest BCUT2D eigenvalue weighted by atomic mass is 9.90. The maximum atomic E-state index is 11.8. The Balaban J connectivity index is 1.50. The van der Waals surface area contributed by atoms with Crippen molar-refractivity contribution in [2.75, 3.05) is 19.6 Å². The number of benzene rings is 2. The highest BCUT2D eigenvalue weighted by Gasteiger charge is 2.40. The summed E-state index contributed by atoms with van der Waals surface area (Å²) in [5, 5.41) is 22.0. The summed E-state index contributed by atoms with van der Waals surface area (Å²) in [6.07, 6.45) is -0.445. The fourth-order valence-electron chi connectivity index (χ4n) is 4.64. The number of amides is 1. The van der Waals surface area contributed by atoms with Crippen molar-refractivity contribution in [3.05, 3.63) is 70.8 Å². The van der Waals surface area contributed by atoms with E-state index in [0.717, 1.165) is 35.2 Å². The number of alkyl halides is 3. The Labute approximate surface area is 226 Å². The number of nitrogens with zero attached hydrogens (tertiary/aromatic N) is 1. The Morgan fingerprint density at radius 2 is 1.69 bits per heavy atom. The lowest BCUT2D eigenvalue weighted by Gasteiger charge is -2.42. The van der Waals surface area contributed by atoms with Crippen LogP contribution in [0.25, 0.3) is 0 Å². The van der Waals surface area contributed by atoms with Gasteiger partial charge in [-0.15, -0.1) is 0 Å². The minimum atomic E-state index is -2.01. The molecule has 10 heteroatoms. The molecule has 0 spiro atoms. The Morgan fingerprint density at radius 1 is 1.06 bits per heavy atom. The van der Waals surface area contributed by atoms with Crippen LogP contribution in [0.4, 0.5) is 0 Å². The summed E-state index contributed by atoms with van der Waals surface area (Å²) in [6.45, 7) is 4.50. The lowest BCUT2D eigenvalue weighted by Crippen LogP contribution is -2.44. The molecule has 1 amide bonds. The van der Waals surface area contributed by atoms with Crippen LogP contribution in [0.2, 0.25) is 0 Å². The first-order valence-electron chi connectivity index (χ1n) is 12.0. The number of ether oxygens (including phenoxy) is 2. The van der Waals surface area contributed by atoms with Crippen molar-refractivity contribution in [2.45, 2.75) is 54.9 Å². The molecule has 0 saturated carbocycles. The number of nitrogens with one attached hydrogen (secondary N) is 1. The molecule has 3 N–H and O–H groups in total. The molecule has 5 unspecified atom stereocenters. The van der Waals surface area contributed by atoms with Crippen molar-refractivity contribution in [3.63, 3.8) is 0 Å². The molecule has 5 atom stereocenters. The number of aliphatic hydroxyl groups excluding tert-OH is 2. The van der Waals surface area contributed by atoms with E-state index in [2.05, 4.69) is 17.1 Å². The fourth-order valence-corrected chi connectivity index (χ4v) is 4.84. The Hall–Kier alpha value is -1.42. The maximum Gasteiger partial charge on any atom is 0.272 e. The third-order valence-electron chi connectivity index (χ3n) is 6.77. The summed E-state index contributed by atoms with van der Waals surface area (Å²) in [5.41, 5.74) is 3.55. The molecule has 0 aromatic heterocycles. The second-order valence-corrected chi connectivity index (χ2v) is 11.7. The average Bonchev–Trinajstić information content (AvgIpc) is 3.28. The monoisotopic (exact) mass is 556 g/mol. The molecule has 0 bridgehead atoms. The van der Waals surface area contributed by atoms with Gasteiger partial charge in [0.05, 0.1) is 24.9 Å². The van der Waals surface area contributed by atoms with Crippen molar-refractivity contribution in [1.29, 1.82) is 0 Å². The van der Waals surface area contributed by atoms with Gasteiger partial charge in [0, 0.05) is 37.7 Å². The van der Waals surface area contributed by atoms with Gasteiger partial charge >= 0.3 is 0 Å². The third-order valence-corrected chi connectivity index (χ3v) is 7.29. The van der Waals surface area contributed by atoms with Crippen molar-refractivity contribution in [3.8, 4) is 0 Å². The number of rotatable bonds is 7. The highest BCUT2D eigenvalue weighted by molar-refractivity contribution is 6.76. The maximum absolute atomic E-state index is 11.8. The Morgan fingerprint density at radius 3 is 2.28 bits per heavy atom. The van der Waals surface area contributed by atoms with Gasteiger partial charge < -0.3 is 25.0 Å². The van der Waals surface area contributed by atoms with E-state index in [1.807, 2.05) is 48.5 Å². The largest absolute Gasteiger partial charge is 0.392 e. The van der Waals surface area contributed by atoms with Gasteiger partial charge in [-0.05, 0) is 23.1 Å². The molecule has 4 rings (SSSR count). The first-order chi connectivity index (χ1) is 17.1. The van der Waals surface area contributed by atoms with E-state index in [1.54, 1.807) is 0 Å². The van der Waals surface area contributed by atoms with E-state index < -0.39 is 16.0 Å². The molecule has 2 aliphatic heterocycles. The third kappa shape index (κ3) is 6.91. The summed E-state index contributed by atoms with van der Waals surface area (Å²) >= 11 is 16.8. The van der Waals surface area contributed by atoms with E-state index in [4.69, 9.17) is 44.3 Å². The van der Waals surface area contributed by atoms with Crippen LogP contribution in [0.5, 0.6) is 0 Å². The molecule has 0 radical (unpaired) electrons. The first kappa shape index (κ1) is 27.6. The van der Waals surface area contributed by atoms with Gasteiger partial charge in [-0.1, -0.05) is 90.3 Å². The van der Waals surface area contributed by atoms with Gasteiger partial charge in [-0.25, -0.2) is 0 Å². The van der Waals surface area contributed by atoms with Crippen LogP contribution < -0.4 is 5.32 Å². The minimum Gasteiger partial charge on any atom is -0.392 e. The predicted octanol–water partition coefficient (Wildman–Crippen LogP) is 4.02. The van der Waals surface area contributed by atoms with Crippen molar-refractivity contribution in [1.82, 2.24) is 10.2 Å². The van der Waals surface area contributed by atoms with Crippen LogP contribution in [0.1, 0.15) is 48.0 Å². The second kappa shape index (κ2) is 12.0. The predicted molar refractivity (Wildman–Crippen MR) is 139 cm³/mol. The lowest BCUT2D eigenvalue weighted by molar-refractivity contribution is -0.276. The molecule has 2 heterocycles. The topological polar surface area (TPSA) is 91.3 Å². The number of aliphatic hydroxyl groups is 2. The zero-order valence-electron chi connectivity index (χ0n) is 19.9. The van der Waals surface area contributed by atoms with E-state index in [-0.39, 0.29) is 37.4 Å². The van der Waals surface area contributed by atoms with E-state index in [1.165, 1.54) is 0 Å². The highest BCUT2D eigenvalue weighted by Crippen LogP contribution is 2.42. The molecule has 2 aliphatic rings. The summed E-state index contributed by atoms with van der Waals surface area (Å²) < 4.78 is 10.9. The molecule has 196 valence electrons. The SMILES string of the molecule is CC1C(CN2CCC(O)C2)OC(c2ccc(CNC(=O)C(Cl)(Cl)Cl)cc2)OC1c1ccc(CO)cc1. The molecule has 2 aromatic carbocycles. The van der Waals surface area contributed by atoms with Crippen LogP contribution in [0.3, 0.4) is 0 Å². The van der Waals surface area contributed by atoms with Crippen LogP contribution in [0, 0.1) is 5.92 Å². The number of hydrogen-bond acceptors (Lipinski definition) is 6. The number of halogens is 3.